The molecule has 17 unspecified atom stereocenters. The predicted molar refractivity (Wildman–Crippen MR) is 415 cm³/mol. The Morgan fingerprint density at radius 2 is 0.644 bits per heavy atom. The highest BCUT2D eigenvalue weighted by Crippen LogP contribution is 2.33. The molecule has 19 heteroatoms. The predicted octanol–water partition coefficient (Wildman–Crippen LogP) is 15.0. The number of ether oxygens (including phenoxy) is 6. The van der Waals surface area contributed by atoms with Crippen LogP contribution in [0.1, 0.15) is 341 Å². The maximum atomic E-state index is 13.5. The Balaban J connectivity index is 1.33. The summed E-state index contributed by atoms with van der Waals surface area (Å²) in [6.07, 6.45) is 58.0. The smallest absolute Gasteiger partial charge is 0.220 e. The average molecular weight is 1480 g/mol. The Labute approximate surface area is 630 Å². The SMILES string of the molecule is CCCCCCC/C=C\C/C=C\CCCCCCCCCCCCCCCCCCCCCCCCCCCC(=O)NC(COC1OC(CO)C(OC2OC(CO)C(OC3OC(CO)C(O)C(O)C3O)C(O)C2O)C(O)C1O)C(O)/C=C/CC/C=C/CC/C=C/CCCCCCCCCCCCCC. The number of hydrogen-bond donors (Lipinski definition) is 12. The van der Waals surface area contributed by atoms with Gasteiger partial charge in [0.1, 0.15) is 73.2 Å². The zero-order chi connectivity index (χ0) is 75.3. The Morgan fingerprint density at radius 3 is 1.02 bits per heavy atom. The molecule has 3 heterocycles. The van der Waals surface area contributed by atoms with Crippen molar-refractivity contribution in [3.8, 4) is 0 Å². The van der Waals surface area contributed by atoms with Crippen LogP contribution in [0, 0.1) is 0 Å². The van der Waals surface area contributed by atoms with Gasteiger partial charge in [-0.3, -0.25) is 4.79 Å². The van der Waals surface area contributed by atoms with Crippen LogP contribution in [0.2, 0.25) is 0 Å². The second kappa shape index (κ2) is 65.2. The summed E-state index contributed by atoms with van der Waals surface area (Å²) < 4.78 is 34.4. The average Bonchev–Trinajstić information content (AvgIpc) is 0.783. The molecule has 0 aliphatic carbocycles. The van der Waals surface area contributed by atoms with Crippen LogP contribution in [0.15, 0.2) is 60.8 Å². The Hall–Kier alpha value is -2.51. The third kappa shape index (κ3) is 44.4. The van der Waals surface area contributed by atoms with Crippen molar-refractivity contribution < 1.29 is 89.4 Å². The number of rotatable bonds is 68. The van der Waals surface area contributed by atoms with Crippen molar-refractivity contribution in [3.05, 3.63) is 60.8 Å². The minimum absolute atomic E-state index is 0.234. The van der Waals surface area contributed by atoms with E-state index in [2.05, 4.69) is 67.8 Å². The molecule has 104 heavy (non-hydrogen) atoms. The summed E-state index contributed by atoms with van der Waals surface area (Å²) in [7, 11) is 0. The van der Waals surface area contributed by atoms with Crippen LogP contribution in [0.25, 0.3) is 0 Å². The molecule has 0 saturated carbocycles. The van der Waals surface area contributed by atoms with Gasteiger partial charge in [0.25, 0.3) is 0 Å². The Bertz CT molecular complexity index is 2110. The van der Waals surface area contributed by atoms with Crippen LogP contribution in [-0.2, 0) is 33.2 Å². The molecule has 0 radical (unpaired) electrons. The van der Waals surface area contributed by atoms with Gasteiger partial charge in [-0.05, 0) is 77.0 Å². The maximum absolute atomic E-state index is 13.5. The van der Waals surface area contributed by atoms with Gasteiger partial charge in [0.15, 0.2) is 18.9 Å². The number of carbonyl (C=O) groups is 1. The number of nitrogens with one attached hydrogen (secondary N) is 1. The number of allylic oxidation sites excluding steroid dienone is 9. The van der Waals surface area contributed by atoms with E-state index in [0.29, 0.717) is 12.8 Å². The molecule has 3 aliphatic rings. The second-order valence-electron chi connectivity index (χ2n) is 30.3. The van der Waals surface area contributed by atoms with Crippen LogP contribution in [-0.4, -0.2) is 193 Å². The van der Waals surface area contributed by atoms with E-state index in [4.69, 9.17) is 28.4 Å². The summed E-state index contributed by atoms with van der Waals surface area (Å²) in [5.41, 5.74) is 0. The van der Waals surface area contributed by atoms with Crippen molar-refractivity contribution in [2.45, 2.75) is 446 Å². The van der Waals surface area contributed by atoms with E-state index in [-0.39, 0.29) is 18.9 Å². The first-order chi connectivity index (χ1) is 50.8. The van der Waals surface area contributed by atoms with E-state index in [1.54, 1.807) is 6.08 Å². The van der Waals surface area contributed by atoms with Gasteiger partial charge in [0.05, 0.1) is 38.6 Å². The van der Waals surface area contributed by atoms with Crippen LogP contribution in [0.5, 0.6) is 0 Å². The summed E-state index contributed by atoms with van der Waals surface area (Å²) in [5.74, 6) is -0.284. The summed E-state index contributed by atoms with van der Waals surface area (Å²) >= 11 is 0. The topological polar surface area (TPSA) is 307 Å². The fourth-order valence-electron chi connectivity index (χ4n) is 14.2. The molecule has 3 aliphatic heterocycles. The highest BCUT2D eigenvalue weighted by Gasteiger charge is 2.54. The fraction of sp³-hybridized carbons (Fsp3) is 0.871. The normalized spacial score (nSPS) is 26.2. The monoisotopic (exact) mass is 1480 g/mol. The van der Waals surface area contributed by atoms with Crippen molar-refractivity contribution >= 4 is 5.91 Å². The number of hydrogen-bond acceptors (Lipinski definition) is 18. The lowest BCUT2D eigenvalue weighted by molar-refractivity contribution is -0.379. The molecule has 0 aromatic rings. The Kier molecular flexibility index (Phi) is 60.0. The lowest BCUT2D eigenvalue weighted by Crippen LogP contribution is -2.66. The summed E-state index contributed by atoms with van der Waals surface area (Å²) in [4.78, 5) is 13.5. The minimum atomic E-state index is -1.98. The largest absolute Gasteiger partial charge is 0.394 e. The van der Waals surface area contributed by atoms with Gasteiger partial charge in [-0.2, -0.15) is 0 Å². The van der Waals surface area contributed by atoms with Gasteiger partial charge in [-0.15, -0.1) is 0 Å². The highest BCUT2D eigenvalue weighted by atomic mass is 16.8. The van der Waals surface area contributed by atoms with E-state index in [9.17, 15) is 61.0 Å². The molecule has 19 nitrogen and oxygen atoms in total. The van der Waals surface area contributed by atoms with Crippen molar-refractivity contribution in [1.82, 2.24) is 5.32 Å². The van der Waals surface area contributed by atoms with E-state index >= 15 is 0 Å². The molecule has 608 valence electrons. The van der Waals surface area contributed by atoms with Crippen molar-refractivity contribution in [2.24, 2.45) is 0 Å². The number of aliphatic hydroxyl groups is 11. The fourth-order valence-corrected chi connectivity index (χ4v) is 14.2. The molecule has 0 aromatic heterocycles. The lowest BCUT2D eigenvalue weighted by Gasteiger charge is -2.48. The van der Waals surface area contributed by atoms with Gasteiger partial charge in [-0.1, -0.05) is 319 Å². The van der Waals surface area contributed by atoms with Crippen LogP contribution >= 0.6 is 0 Å². The highest BCUT2D eigenvalue weighted by molar-refractivity contribution is 5.76. The third-order valence-corrected chi connectivity index (χ3v) is 21.0. The van der Waals surface area contributed by atoms with E-state index in [1.165, 1.54) is 257 Å². The van der Waals surface area contributed by atoms with Crippen molar-refractivity contribution in [1.29, 1.82) is 0 Å². The summed E-state index contributed by atoms with van der Waals surface area (Å²) in [5, 5.41) is 121. The van der Waals surface area contributed by atoms with Crippen LogP contribution < -0.4 is 5.32 Å². The molecule has 3 rings (SSSR count). The van der Waals surface area contributed by atoms with Crippen LogP contribution in [0.4, 0.5) is 0 Å². The molecule has 0 spiro atoms. The first kappa shape index (κ1) is 95.7. The van der Waals surface area contributed by atoms with Crippen LogP contribution in [0.3, 0.4) is 0 Å². The lowest BCUT2D eigenvalue weighted by atomic mass is 9.96. The van der Waals surface area contributed by atoms with Gasteiger partial charge in [0.2, 0.25) is 5.91 Å². The summed E-state index contributed by atoms with van der Waals surface area (Å²) in [6, 6.07) is -0.998. The zero-order valence-electron chi connectivity index (χ0n) is 65.3. The molecule has 17 atom stereocenters. The van der Waals surface area contributed by atoms with Gasteiger partial charge >= 0.3 is 0 Å². The molecule has 3 fully saturated rings. The molecule has 12 N–H and O–H groups in total. The van der Waals surface area contributed by atoms with Gasteiger partial charge in [0, 0.05) is 6.42 Å². The van der Waals surface area contributed by atoms with Crippen molar-refractivity contribution in [3.63, 3.8) is 0 Å². The minimum Gasteiger partial charge on any atom is -0.394 e. The number of carbonyl (C=O) groups excluding carboxylic acids is 1. The molecular formula is C85H155NO18. The van der Waals surface area contributed by atoms with Gasteiger partial charge in [-0.25, -0.2) is 0 Å². The number of unbranched alkanes of at least 4 members (excludes halogenated alkanes) is 44. The van der Waals surface area contributed by atoms with Crippen molar-refractivity contribution in [2.75, 3.05) is 26.4 Å². The number of amides is 1. The molecule has 1 amide bonds. The van der Waals surface area contributed by atoms with E-state index in [0.717, 1.165) is 51.4 Å². The second-order valence-corrected chi connectivity index (χ2v) is 30.3. The van der Waals surface area contributed by atoms with Gasteiger partial charge < -0.3 is 89.9 Å². The Morgan fingerprint density at radius 1 is 0.346 bits per heavy atom. The quantitative estimate of drug-likeness (QED) is 0.0199. The summed E-state index contributed by atoms with van der Waals surface area (Å²) in [6.45, 7) is 1.74. The number of aliphatic hydroxyl groups excluding tert-OH is 11. The molecule has 3 saturated heterocycles. The maximum Gasteiger partial charge on any atom is 0.220 e. The first-order valence-corrected chi connectivity index (χ1v) is 42.5. The molecular weight excluding hydrogens is 1320 g/mol. The zero-order valence-corrected chi connectivity index (χ0v) is 65.3. The van der Waals surface area contributed by atoms with E-state index < -0.39 is 124 Å². The molecule has 0 aromatic carbocycles. The van der Waals surface area contributed by atoms with E-state index in [1.807, 2.05) is 6.08 Å². The molecule has 0 bridgehead atoms. The third-order valence-electron chi connectivity index (χ3n) is 21.0. The standard InChI is InChI=1S/C85H155NO18/c1-3-5-7-9-11-13-15-17-19-21-23-25-27-28-29-30-31-32-33-34-35-36-37-38-39-40-41-43-45-47-49-51-53-55-57-59-61-63-73(91)86-68(69(90)62-60-58-56-54-52-50-48-46-44-42-26-24-22-20-18-16-14-12-10-8-6-4-2)67-99-83-79(97)76(94)81(71(65-88)101-83)104-85-80(98)77(95)82(72(66-89)102-85)103-84-78(96)75(93)74(92)70(64-87)100-84/h15,17,21,23,44,46,52,54,60,62,68-72,74-85,87-90,92-98H,3-14,16,18-20,22,24-43,45,47-51,53,55-59,61,63-67H2,1-2H3,(H,86,91)/b17-15-,23-21-,46-44+,54-52+,62-60+. The first-order valence-electron chi connectivity index (χ1n) is 42.5.